The highest BCUT2D eigenvalue weighted by molar-refractivity contribution is 5.86. The Kier molecular flexibility index (Phi) is 5.59. The zero-order valence-electron chi connectivity index (χ0n) is 15.7. The zero-order valence-corrected chi connectivity index (χ0v) is 15.7. The minimum Gasteiger partial charge on any atom is -0.480 e. The molecule has 3 aromatic rings. The van der Waals surface area contributed by atoms with Crippen LogP contribution in [0.25, 0.3) is 11.2 Å². The Morgan fingerprint density at radius 2 is 1.93 bits per heavy atom. The number of aliphatic hydroxyl groups excluding tert-OH is 3. The van der Waals surface area contributed by atoms with E-state index in [0.717, 1.165) is 5.56 Å². The van der Waals surface area contributed by atoms with Crippen molar-refractivity contribution in [1.29, 1.82) is 0 Å². The monoisotopic (exact) mass is 415 g/mol. The average molecular weight is 415 g/mol. The van der Waals surface area contributed by atoms with Gasteiger partial charge < -0.3 is 30.5 Å². The van der Waals surface area contributed by atoms with Crippen LogP contribution in [-0.2, 0) is 16.0 Å². The fourth-order valence-corrected chi connectivity index (χ4v) is 3.47. The molecule has 0 bridgehead atoms. The van der Waals surface area contributed by atoms with Crippen LogP contribution in [0.2, 0.25) is 0 Å². The zero-order chi connectivity index (χ0) is 21.3. The van der Waals surface area contributed by atoms with Crippen LogP contribution in [0.15, 0.2) is 43.0 Å². The number of nitrogens with one attached hydrogen (secondary N) is 1. The lowest BCUT2D eigenvalue weighted by molar-refractivity contribution is -0.137. The SMILES string of the molecule is O=C(O)C(Cc1ccccc1)Nc1ncnc2c1ncn2C1OC(CO)C(O)C1O. The van der Waals surface area contributed by atoms with Gasteiger partial charge in [0.15, 0.2) is 23.2 Å². The standard InChI is InChI=1S/C19H21N5O6/c25-7-12-14(26)15(27)18(30-12)24-9-22-13-16(20-8-21-17(13)24)23-11(19(28)29)6-10-4-2-1-3-5-10/h1-5,8-9,11-12,14-15,18,25-27H,6-7H2,(H,28,29)(H,20,21,23). The molecule has 5 N–H and O–H groups in total. The molecule has 30 heavy (non-hydrogen) atoms. The van der Waals surface area contributed by atoms with Crippen LogP contribution in [0.1, 0.15) is 11.8 Å². The lowest BCUT2D eigenvalue weighted by Gasteiger charge is -2.17. The largest absolute Gasteiger partial charge is 0.480 e. The number of aliphatic carboxylic acids is 1. The Hall–Kier alpha value is -3.12. The molecular formula is C19H21N5O6. The molecule has 11 heteroatoms. The number of imidazole rings is 1. The molecule has 1 aliphatic rings. The summed E-state index contributed by atoms with van der Waals surface area (Å²) in [4.78, 5) is 24.3. The van der Waals surface area contributed by atoms with Gasteiger partial charge in [-0.2, -0.15) is 0 Å². The highest BCUT2D eigenvalue weighted by Crippen LogP contribution is 2.32. The molecule has 1 aromatic carbocycles. The smallest absolute Gasteiger partial charge is 0.326 e. The van der Waals surface area contributed by atoms with Gasteiger partial charge in [0.1, 0.15) is 30.7 Å². The second kappa shape index (κ2) is 8.32. The topological polar surface area (TPSA) is 163 Å². The molecule has 5 unspecified atom stereocenters. The molecule has 11 nitrogen and oxygen atoms in total. The number of hydrogen-bond acceptors (Lipinski definition) is 9. The van der Waals surface area contributed by atoms with Gasteiger partial charge in [-0.25, -0.2) is 19.7 Å². The van der Waals surface area contributed by atoms with Crippen LogP contribution in [0, 0.1) is 0 Å². The van der Waals surface area contributed by atoms with Gasteiger partial charge in [-0.1, -0.05) is 30.3 Å². The number of rotatable bonds is 7. The number of hydrogen-bond donors (Lipinski definition) is 5. The predicted octanol–water partition coefficient (Wildman–Crippen LogP) is -0.454. The van der Waals surface area contributed by atoms with Gasteiger partial charge in [0.05, 0.1) is 12.9 Å². The summed E-state index contributed by atoms with van der Waals surface area (Å²) < 4.78 is 6.94. The lowest BCUT2D eigenvalue weighted by atomic mass is 10.1. The lowest BCUT2D eigenvalue weighted by Crippen LogP contribution is -2.33. The molecular weight excluding hydrogens is 394 g/mol. The summed E-state index contributed by atoms with van der Waals surface area (Å²) >= 11 is 0. The quantitative estimate of drug-likeness (QED) is 0.341. The highest BCUT2D eigenvalue weighted by Gasteiger charge is 2.44. The van der Waals surface area contributed by atoms with Gasteiger partial charge in [-0.3, -0.25) is 4.57 Å². The number of carboxylic acid groups (broad SMARTS) is 1. The first-order valence-electron chi connectivity index (χ1n) is 9.33. The van der Waals surface area contributed by atoms with Crippen LogP contribution >= 0.6 is 0 Å². The molecule has 4 rings (SSSR count). The number of carboxylic acids is 1. The van der Waals surface area contributed by atoms with E-state index in [1.165, 1.54) is 17.2 Å². The maximum Gasteiger partial charge on any atom is 0.326 e. The summed E-state index contributed by atoms with van der Waals surface area (Å²) in [6.45, 7) is -0.455. The number of nitrogens with zero attached hydrogens (tertiary/aromatic N) is 4. The Labute approximate surface area is 170 Å². The maximum absolute atomic E-state index is 11.8. The number of fused-ring (bicyclic) bond motifs is 1. The minimum absolute atomic E-state index is 0.217. The first kappa shape index (κ1) is 20.2. The third kappa shape index (κ3) is 3.71. The summed E-state index contributed by atoms with van der Waals surface area (Å²) in [6.07, 6.45) is -1.68. The first-order chi connectivity index (χ1) is 14.5. The van der Waals surface area contributed by atoms with Gasteiger partial charge in [-0.05, 0) is 5.56 Å². The summed E-state index contributed by atoms with van der Waals surface area (Å²) in [5.74, 6) is -0.831. The van der Waals surface area contributed by atoms with E-state index in [1.54, 1.807) is 0 Å². The highest BCUT2D eigenvalue weighted by atomic mass is 16.6. The normalized spacial score (nSPS) is 24.8. The van der Waals surface area contributed by atoms with Gasteiger partial charge in [0.2, 0.25) is 0 Å². The van der Waals surface area contributed by atoms with E-state index >= 15 is 0 Å². The van der Waals surface area contributed by atoms with E-state index in [9.17, 15) is 25.2 Å². The number of ether oxygens (including phenoxy) is 1. The fourth-order valence-electron chi connectivity index (χ4n) is 3.47. The molecule has 0 saturated carbocycles. The Balaban J connectivity index is 1.62. The van der Waals surface area contributed by atoms with Crippen LogP contribution in [-0.4, -0.2) is 76.9 Å². The number of aliphatic hydroxyl groups is 3. The van der Waals surface area contributed by atoms with E-state index < -0.39 is 43.2 Å². The van der Waals surface area contributed by atoms with E-state index in [1.807, 2.05) is 30.3 Å². The average Bonchev–Trinajstić information content (AvgIpc) is 3.30. The summed E-state index contributed by atoms with van der Waals surface area (Å²) in [5.41, 5.74) is 1.42. The van der Waals surface area contributed by atoms with Gasteiger partial charge >= 0.3 is 5.97 Å². The van der Waals surface area contributed by atoms with Crippen molar-refractivity contribution in [2.45, 2.75) is 37.0 Å². The van der Waals surface area contributed by atoms with Crippen molar-refractivity contribution in [1.82, 2.24) is 19.5 Å². The molecule has 1 fully saturated rings. The molecule has 0 aliphatic carbocycles. The molecule has 158 valence electrons. The summed E-state index contributed by atoms with van der Waals surface area (Å²) in [7, 11) is 0. The molecule has 0 spiro atoms. The van der Waals surface area contributed by atoms with Gasteiger partial charge in [0, 0.05) is 6.42 Å². The van der Waals surface area contributed by atoms with Crippen molar-refractivity contribution in [2.75, 3.05) is 11.9 Å². The van der Waals surface area contributed by atoms with Gasteiger partial charge in [-0.15, -0.1) is 0 Å². The van der Waals surface area contributed by atoms with Crippen molar-refractivity contribution in [2.24, 2.45) is 0 Å². The second-order valence-electron chi connectivity index (χ2n) is 7.00. The molecule has 0 radical (unpaired) electrons. The van der Waals surface area contributed by atoms with Crippen LogP contribution < -0.4 is 5.32 Å². The first-order valence-corrected chi connectivity index (χ1v) is 9.33. The van der Waals surface area contributed by atoms with Crippen molar-refractivity contribution >= 4 is 23.0 Å². The number of aromatic nitrogens is 4. The Morgan fingerprint density at radius 1 is 1.17 bits per heavy atom. The van der Waals surface area contributed by atoms with Crippen LogP contribution in [0.5, 0.6) is 0 Å². The molecule has 3 heterocycles. The molecule has 2 aromatic heterocycles. The number of benzene rings is 1. The Morgan fingerprint density at radius 3 is 2.60 bits per heavy atom. The van der Waals surface area contributed by atoms with Crippen molar-refractivity contribution < 1.29 is 30.0 Å². The van der Waals surface area contributed by atoms with Crippen molar-refractivity contribution in [3.05, 3.63) is 48.5 Å². The molecule has 5 atom stereocenters. The fraction of sp³-hybridized carbons (Fsp3) is 0.368. The minimum atomic E-state index is -1.30. The van der Waals surface area contributed by atoms with Crippen LogP contribution in [0.3, 0.4) is 0 Å². The van der Waals surface area contributed by atoms with Crippen molar-refractivity contribution in [3.63, 3.8) is 0 Å². The number of carbonyl (C=O) groups is 1. The number of anilines is 1. The second-order valence-corrected chi connectivity index (χ2v) is 7.00. The van der Waals surface area contributed by atoms with E-state index in [4.69, 9.17) is 4.74 Å². The predicted molar refractivity (Wildman–Crippen MR) is 104 cm³/mol. The Bertz CT molecular complexity index is 1030. The van der Waals surface area contributed by atoms with E-state index in [-0.39, 0.29) is 23.4 Å². The van der Waals surface area contributed by atoms with E-state index in [0.29, 0.717) is 0 Å². The molecule has 1 saturated heterocycles. The molecule has 1 aliphatic heterocycles. The van der Waals surface area contributed by atoms with E-state index in [2.05, 4.69) is 20.3 Å². The third-order valence-corrected chi connectivity index (χ3v) is 5.04. The summed E-state index contributed by atoms with van der Waals surface area (Å²) in [6, 6.07) is 8.24. The van der Waals surface area contributed by atoms with Gasteiger partial charge in [0.25, 0.3) is 0 Å². The maximum atomic E-state index is 11.8. The van der Waals surface area contributed by atoms with Crippen LogP contribution in [0.4, 0.5) is 5.82 Å². The van der Waals surface area contributed by atoms with Crippen molar-refractivity contribution in [3.8, 4) is 0 Å². The molecule has 0 amide bonds. The third-order valence-electron chi connectivity index (χ3n) is 5.04. The summed E-state index contributed by atoms with van der Waals surface area (Å²) in [5, 5.41) is 42.1.